The number of halogens is 2. The molecule has 1 rings (SSSR count). The van der Waals surface area contributed by atoms with E-state index in [1.54, 1.807) is 0 Å². The highest BCUT2D eigenvalue weighted by Crippen LogP contribution is 2.21. The highest BCUT2D eigenvalue weighted by Gasteiger charge is 2.21. The Morgan fingerprint density at radius 3 is 2.45 bits per heavy atom. The lowest BCUT2D eigenvalue weighted by molar-refractivity contribution is 0.196. The van der Waals surface area contributed by atoms with Crippen molar-refractivity contribution in [2.45, 2.75) is 16.2 Å². The van der Waals surface area contributed by atoms with E-state index in [9.17, 15) is 21.2 Å². The molecule has 0 amide bonds. The van der Waals surface area contributed by atoms with Crippen LogP contribution in [0.3, 0.4) is 0 Å². The zero-order valence-corrected chi connectivity index (χ0v) is 12.9. The maximum atomic E-state index is 13.7. The highest BCUT2D eigenvalue weighted by molar-refractivity contribution is 8.13. The lowest BCUT2D eigenvalue weighted by Gasteiger charge is -2.08. The quantitative estimate of drug-likeness (QED) is 0.589. The molecule has 1 aromatic carbocycles. The van der Waals surface area contributed by atoms with Gasteiger partial charge in [0.2, 0.25) is 10.0 Å². The summed E-state index contributed by atoms with van der Waals surface area (Å²) < 4.78 is 66.2. The van der Waals surface area contributed by atoms with Gasteiger partial charge in [0.25, 0.3) is 9.05 Å². The standard InChI is InChI=1S/C10H13ClFNO5S2/c1-18-6-2-5-13-20(16,17)10-4-3-8(7-9(10)12)19(11,14)15/h3-4,7,13H,2,5-6H2,1H3. The van der Waals surface area contributed by atoms with Crippen molar-refractivity contribution < 1.29 is 26.0 Å². The summed E-state index contributed by atoms with van der Waals surface area (Å²) in [4.78, 5) is -1.14. The molecule has 1 N–H and O–H groups in total. The van der Waals surface area contributed by atoms with Gasteiger partial charge in [-0.3, -0.25) is 0 Å². The molecule has 0 aromatic heterocycles. The molecule has 0 spiro atoms. The van der Waals surface area contributed by atoms with Gasteiger partial charge in [0.1, 0.15) is 10.7 Å². The molecular formula is C10H13ClFNO5S2. The van der Waals surface area contributed by atoms with Crippen molar-refractivity contribution in [2.24, 2.45) is 0 Å². The summed E-state index contributed by atoms with van der Waals surface area (Å²) in [5, 5.41) is 0. The van der Waals surface area contributed by atoms with E-state index in [2.05, 4.69) is 4.72 Å². The summed E-state index contributed by atoms with van der Waals surface area (Å²) in [6.07, 6.45) is 0.422. The Balaban J connectivity index is 2.97. The topological polar surface area (TPSA) is 89.5 Å². The van der Waals surface area contributed by atoms with Gasteiger partial charge < -0.3 is 4.74 Å². The van der Waals surface area contributed by atoms with Gasteiger partial charge in [0.15, 0.2) is 0 Å². The molecule has 0 radical (unpaired) electrons. The van der Waals surface area contributed by atoms with Gasteiger partial charge >= 0.3 is 0 Å². The van der Waals surface area contributed by atoms with Gasteiger partial charge in [-0.1, -0.05) is 0 Å². The Bertz CT molecular complexity index is 675. The number of benzene rings is 1. The lowest BCUT2D eigenvalue weighted by Crippen LogP contribution is -2.26. The number of nitrogens with one attached hydrogen (secondary N) is 1. The van der Waals surface area contributed by atoms with Crippen molar-refractivity contribution in [1.29, 1.82) is 0 Å². The van der Waals surface area contributed by atoms with Crippen molar-refractivity contribution >= 4 is 29.8 Å². The Morgan fingerprint density at radius 1 is 1.30 bits per heavy atom. The number of hydrogen-bond donors (Lipinski definition) is 1. The fourth-order valence-corrected chi connectivity index (χ4v) is 3.25. The first-order chi connectivity index (χ1) is 9.18. The van der Waals surface area contributed by atoms with Crippen LogP contribution in [-0.4, -0.2) is 37.1 Å². The third kappa shape index (κ3) is 4.67. The predicted octanol–water partition coefficient (Wildman–Crippen LogP) is 1.07. The molecule has 0 aliphatic heterocycles. The van der Waals surface area contributed by atoms with Crippen molar-refractivity contribution in [1.82, 2.24) is 4.72 Å². The third-order valence-corrected chi connectivity index (χ3v) is 5.14. The molecule has 0 saturated carbocycles. The molecular weight excluding hydrogens is 333 g/mol. The van der Waals surface area contributed by atoms with Crippen LogP contribution in [0.5, 0.6) is 0 Å². The van der Waals surface area contributed by atoms with Gasteiger partial charge in [-0.15, -0.1) is 0 Å². The van der Waals surface area contributed by atoms with E-state index in [1.165, 1.54) is 7.11 Å². The first kappa shape index (κ1) is 17.3. The van der Waals surface area contributed by atoms with Crippen molar-refractivity contribution in [3.05, 3.63) is 24.0 Å². The van der Waals surface area contributed by atoms with Crippen LogP contribution in [0, 0.1) is 5.82 Å². The van der Waals surface area contributed by atoms with E-state index >= 15 is 0 Å². The van der Waals surface area contributed by atoms with Gasteiger partial charge in [-0.05, 0) is 24.6 Å². The monoisotopic (exact) mass is 345 g/mol. The molecule has 0 saturated heterocycles. The molecule has 0 heterocycles. The zero-order chi connectivity index (χ0) is 15.4. The van der Waals surface area contributed by atoms with Crippen molar-refractivity contribution in [3.8, 4) is 0 Å². The molecule has 0 atom stereocenters. The molecule has 0 unspecified atom stereocenters. The van der Waals surface area contributed by atoms with Crippen molar-refractivity contribution in [3.63, 3.8) is 0 Å². The van der Waals surface area contributed by atoms with Gasteiger partial charge in [-0.2, -0.15) is 0 Å². The van der Waals surface area contributed by atoms with Crippen LogP contribution in [0.2, 0.25) is 0 Å². The predicted molar refractivity (Wildman–Crippen MR) is 71.1 cm³/mol. The number of rotatable bonds is 7. The second-order valence-electron chi connectivity index (χ2n) is 3.77. The van der Waals surface area contributed by atoms with E-state index in [-0.39, 0.29) is 6.54 Å². The van der Waals surface area contributed by atoms with E-state index in [1.807, 2.05) is 0 Å². The molecule has 10 heteroatoms. The zero-order valence-electron chi connectivity index (χ0n) is 10.5. The second kappa shape index (κ2) is 6.81. The van der Waals surface area contributed by atoms with Gasteiger partial charge in [-0.25, -0.2) is 25.9 Å². The molecule has 20 heavy (non-hydrogen) atoms. The molecule has 0 aliphatic rings. The average molecular weight is 346 g/mol. The van der Waals surface area contributed by atoms with E-state index < -0.39 is 34.7 Å². The minimum Gasteiger partial charge on any atom is -0.385 e. The van der Waals surface area contributed by atoms with E-state index in [0.29, 0.717) is 19.1 Å². The Hall–Kier alpha value is -0.740. The van der Waals surface area contributed by atoms with E-state index in [0.717, 1.165) is 12.1 Å². The molecule has 1 aromatic rings. The molecule has 0 bridgehead atoms. The number of hydrogen-bond acceptors (Lipinski definition) is 5. The fraction of sp³-hybridized carbons (Fsp3) is 0.400. The number of ether oxygens (including phenoxy) is 1. The normalized spacial score (nSPS) is 12.6. The van der Waals surface area contributed by atoms with Gasteiger partial charge in [0.05, 0.1) is 4.90 Å². The summed E-state index contributed by atoms with van der Waals surface area (Å²) in [6, 6.07) is 2.34. The first-order valence-electron chi connectivity index (χ1n) is 5.41. The maximum absolute atomic E-state index is 13.7. The van der Waals surface area contributed by atoms with E-state index in [4.69, 9.17) is 15.4 Å². The minimum atomic E-state index is -4.11. The summed E-state index contributed by atoms with van der Waals surface area (Å²) in [7, 11) is -1.65. The van der Waals surface area contributed by atoms with Crippen LogP contribution in [-0.2, 0) is 23.8 Å². The summed E-state index contributed by atoms with van der Waals surface area (Å²) >= 11 is 0. The van der Waals surface area contributed by atoms with Gasteiger partial charge in [0, 0.05) is 30.9 Å². The summed E-state index contributed by atoms with van der Waals surface area (Å²) in [5.74, 6) is -1.19. The third-order valence-electron chi connectivity index (χ3n) is 2.29. The largest absolute Gasteiger partial charge is 0.385 e. The number of methoxy groups -OCH3 is 1. The first-order valence-corrected chi connectivity index (χ1v) is 9.20. The Kier molecular flexibility index (Phi) is 5.90. The van der Waals surface area contributed by atoms with Crippen LogP contribution in [0.4, 0.5) is 4.39 Å². The second-order valence-corrected chi connectivity index (χ2v) is 8.08. The molecule has 6 nitrogen and oxygen atoms in total. The fourth-order valence-electron chi connectivity index (χ4n) is 1.35. The van der Waals surface area contributed by atoms with Crippen LogP contribution in [0.1, 0.15) is 6.42 Å². The van der Waals surface area contributed by atoms with Crippen molar-refractivity contribution in [2.75, 3.05) is 20.3 Å². The Labute approximate surface area is 121 Å². The molecule has 114 valence electrons. The lowest BCUT2D eigenvalue weighted by atomic mass is 10.3. The molecule has 0 aliphatic carbocycles. The maximum Gasteiger partial charge on any atom is 0.261 e. The SMILES string of the molecule is COCCCNS(=O)(=O)c1ccc(S(=O)(=O)Cl)cc1F. The molecule has 0 fully saturated rings. The average Bonchev–Trinajstić information content (AvgIpc) is 2.33. The van der Waals surface area contributed by atoms with Crippen LogP contribution >= 0.6 is 10.7 Å². The van der Waals surface area contributed by atoms with Crippen LogP contribution in [0.15, 0.2) is 28.0 Å². The summed E-state index contributed by atoms with van der Waals surface area (Å²) in [5.41, 5.74) is 0. The highest BCUT2D eigenvalue weighted by atomic mass is 35.7. The smallest absolute Gasteiger partial charge is 0.261 e. The minimum absolute atomic E-state index is 0.0746. The Morgan fingerprint density at radius 2 is 1.95 bits per heavy atom. The summed E-state index contributed by atoms with van der Waals surface area (Å²) in [6.45, 7) is 0.430. The number of sulfonamides is 1. The van der Waals surface area contributed by atoms with Crippen LogP contribution in [0.25, 0.3) is 0 Å². The van der Waals surface area contributed by atoms with Crippen LogP contribution < -0.4 is 4.72 Å².